The monoisotopic (exact) mass is 458 g/mol. The minimum absolute atomic E-state index is 0.800. The zero-order valence-electron chi connectivity index (χ0n) is 19.7. The van der Waals surface area contributed by atoms with Crippen molar-refractivity contribution in [1.29, 1.82) is 0 Å². The van der Waals surface area contributed by atoms with Gasteiger partial charge in [-0.2, -0.15) is 0 Å². The first-order valence-corrected chi connectivity index (χ1v) is 13.3. The maximum Gasteiger partial charge on any atom is 0.140 e. The van der Waals surface area contributed by atoms with Gasteiger partial charge in [0.05, 0.1) is 0 Å². The van der Waals surface area contributed by atoms with Crippen molar-refractivity contribution in [3.63, 3.8) is 0 Å². The number of thiol groups is 2. The Labute approximate surface area is 202 Å². The van der Waals surface area contributed by atoms with Crippen molar-refractivity contribution in [2.75, 3.05) is 0 Å². The Morgan fingerprint density at radius 2 is 0.935 bits per heavy atom. The fourth-order valence-corrected chi connectivity index (χ4v) is 4.52. The largest absolute Gasteiger partial charge is 0.455 e. The van der Waals surface area contributed by atoms with E-state index in [1.54, 1.807) is 0 Å². The summed E-state index contributed by atoms with van der Waals surface area (Å²) in [6.07, 6.45) is 18.1. The highest BCUT2D eigenvalue weighted by molar-refractivity contribution is 7.80. The van der Waals surface area contributed by atoms with Crippen LogP contribution in [0.25, 0.3) is 0 Å². The molecule has 2 rings (SSSR count). The molecule has 0 saturated heterocycles. The summed E-state index contributed by atoms with van der Waals surface area (Å²) in [5.41, 5.74) is 2.68. The fourth-order valence-electron chi connectivity index (χ4n) is 3.95. The lowest BCUT2D eigenvalue weighted by molar-refractivity contribution is 0.459. The van der Waals surface area contributed by atoms with Crippen molar-refractivity contribution < 1.29 is 4.74 Å². The second-order valence-electron chi connectivity index (χ2n) is 8.74. The highest BCUT2D eigenvalue weighted by atomic mass is 32.1. The van der Waals surface area contributed by atoms with Gasteiger partial charge in [-0.05, 0) is 61.1 Å². The van der Waals surface area contributed by atoms with Gasteiger partial charge < -0.3 is 4.74 Å². The van der Waals surface area contributed by atoms with Crippen LogP contribution in [0.4, 0.5) is 0 Å². The number of hydrogen-bond donors (Lipinski definition) is 2. The molecule has 0 amide bonds. The first-order chi connectivity index (χ1) is 15.1. The SMILES string of the molecule is CCCCCCCCc1ccc(Oc2ccc(CCCCCCCC)cc2S)c(S)c1. The van der Waals surface area contributed by atoms with Crippen LogP contribution in [-0.2, 0) is 12.8 Å². The molecule has 0 radical (unpaired) electrons. The Hall–Kier alpha value is -1.06. The Morgan fingerprint density at radius 1 is 0.548 bits per heavy atom. The smallest absolute Gasteiger partial charge is 0.140 e. The Bertz CT molecular complexity index is 693. The van der Waals surface area contributed by atoms with Gasteiger partial charge in [-0.3, -0.25) is 0 Å². The van der Waals surface area contributed by atoms with Crippen molar-refractivity contribution in [3.05, 3.63) is 47.5 Å². The van der Waals surface area contributed by atoms with Gasteiger partial charge in [-0.1, -0.05) is 90.2 Å². The van der Waals surface area contributed by atoms with Crippen LogP contribution in [0.2, 0.25) is 0 Å². The third-order valence-corrected chi connectivity index (χ3v) is 6.60. The van der Waals surface area contributed by atoms with Gasteiger partial charge in [0.2, 0.25) is 0 Å². The molecule has 0 aliphatic heterocycles. The molecule has 1 nitrogen and oxygen atoms in total. The zero-order chi connectivity index (χ0) is 22.3. The Morgan fingerprint density at radius 3 is 1.32 bits per heavy atom. The maximum absolute atomic E-state index is 6.14. The van der Waals surface area contributed by atoms with Crippen LogP contribution >= 0.6 is 25.3 Å². The lowest BCUT2D eigenvalue weighted by atomic mass is 10.0. The summed E-state index contributed by atoms with van der Waals surface area (Å²) in [6, 6.07) is 12.7. The third kappa shape index (κ3) is 10.4. The highest BCUT2D eigenvalue weighted by Gasteiger charge is 2.08. The minimum atomic E-state index is 0.800. The van der Waals surface area contributed by atoms with Gasteiger partial charge in [0, 0.05) is 9.79 Å². The average Bonchev–Trinajstić information content (AvgIpc) is 2.76. The number of aryl methyl sites for hydroxylation is 2. The van der Waals surface area contributed by atoms with Gasteiger partial charge in [-0.15, -0.1) is 25.3 Å². The minimum Gasteiger partial charge on any atom is -0.455 e. The molecule has 0 saturated carbocycles. The van der Waals surface area contributed by atoms with Gasteiger partial charge in [-0.25, -0.2) is 0 Å². The lowest BCUT2D eigenvalue weighted by Crippen LogP contribution is -1.92. The average molecular weight is 459 g/mol. The van der Waals surface area contributed by atoms with E-state index in [0.717, 1.165) is 34.1 Å². The quantitative estimate of drug-likeness (QED) is 0.188. The van der Waals surface area contributed by atoms with Crippen molar-refractivity contribution in [3.8, 4) is 11.5 Å². The molecule has 0 fully saturated rings. The summed E-state index contributed by atoms with van der Waals surface area (Å²) in [4.78, 5) is 1.79. The molecule has 3 heteroatoms. The van der Waals surface area contributed by atoms with Crippen LogP contribution in [-0.4, -0.2) is 0 Å². The molecule has 0 spiro atoms. The van der Waals surface area contributed by atoms with Crippen molar-refractivity contribution in [2.45, 2.75) is 114 Å². The molecule has 0 atom stereocenters. The predicted octanol–water partition coefficient (Wildman–Crippen LogP) is 9.86. The summed E-state index contributed by atoms with van der Waals surface area (Å²) in [5.74, 6) is 1.60. The fraction of sp³-hybridized carbons (Fsp3) is 0.571. The molecule has 0 heterocycles. The number of rotatable bonds is 16. The molecule has 0 N–H and O–H groups in total. The predicted molar refractivity (Wildman–Crippen MR) is 142 cm³/mol. The Balaban J connectivity index is 1.81. The molecule has 172 valence electrons. The normalized spacial score (nSPS) is 11.1. The Kier molecular flexibility index (Phi) is 13.3. The van der Waals surface area contributed by atoms with Crippen LogP contribution in [0.15, 0.2) is 46.2 Å². The van der Waals surface area contributed by atoms with Crippen LogP contribution < -0.4 is 4.74 Å². The second-order valence-corrected chi connectivity index (χ2v) is 9.71. The number of ether oxygens (including phenoxy) is 1. The number of unbranched alkanes of at least 4 members (excludes halogenated alkanes) is 10. The summed E-state index contributed by atoms with van der Waals surface area (Å²) < 4.78 is 6.14. The molecule has 2 aromatic carbocycles. The number of hydrogen-bond acceptors (Lipinski definition) is 3. The van der Waals surface area contributed by atoms with E-state index < -0.39 is 0 Å². The van der Waals surface area contributed by atoms with Gasteiger partial charge in [0.1, 0.15) is 11.5 Å². The van der Waals surface area contributed by atoms with Crippen LogP contribution in [0.1, 0.15) is 102 Å². The van der Waals surface area contributed by atoms with E-state index in [9.17, 15) is 0 Å². The lowest BCUT2D eigenvalue weighted by Gasteiger charge is -2.13. The van der Waals surface area contributed by atoms with E-state index in [0.29, 0.717) is 0 Å². The standard InChI is InChI=1S/C28H42OS2/c1-3-5-7-9-11-13-15-23-17-19-25(27(30)21-23)29-26-20-18-24(22-28(26)31)16-14-12-10-8-6-4-2/h17-22,30-31H,3-16H2,1-2H3. The van der Waals surface area contributed by atoms with Crippen molar-refractivity contribution >= 4 is 25.3 Å². The van der Waals surface area contributed by atoms with Crippen LogP contribution in [0.3, 0.4) is 0 Å². The molecule has 0 aliphatic carbocycles. The molecule has 0 unspecified atom stereocenters. The van der Waals surface area contributed by atoms with Crippen LogP contribution in [0, 0.1) is 0 Å². The van der Waals surface area contributed by atoms with Gasteiger partial charge in [0.15, 0.2) is 0 Å². The van der Waals surface area contributed by atoms with E-state index in [-0.39, 0.29) is 0 Å². The topological polar surface area (TPSA) is 9.23 Å². The maximum atomic E-state index is 6.14. The molecule has 2 aromatic rings. The van der Waals surface area contributed by atoms with Gasteiger partial charge >= 0.3 is 0 Å². The zero-order valence-corrected chi connectivity index (χ0v) is 21.5. The van der Waals surface area contributed by atoms with Crippen molar-refractivity contribution in [2.24, 2.45) is 0 Å². The second kappa shape index (κ2) is 15.7. The van der Waals surface area contributed by atoms with Gasteiger partial charge in [0.25, 0.3) is 0 Å². The first-order valence-electron chi connectivity index (χ1n) is 12.5. The van der Waals surface area contributed by atoms with E-state index >= 15 is 0 Å². The summed E-state index contributed by atoms with van der Waals surface area (Å²) in [5, 5.41) is 0. The van der Waals surface area contributed by atoms with Crippen LogP contribution in [0.5, 0.6) is 11.5 Å². The molecule has 0 aromatic heterocycles. The van der Waals surface area contributed by atoms with E-state index in [1.807, 2.05) is 12.1 Å². The highest BCUT2D eigenvalue weighted by Crippen LogP contribution is 2.33. The molecular weight excluding hydrogens is 416 g/mol. The molecular formula is C28H42OS2. The first kappa shape index (κ1) is 26.2. The summed E-state index contributed by atoms with van der Waals surface area (Å²) in [6.45, 7) is 4.53. The number of benzene rings is 2. The third-order valence-electron chi connectivity index (χ3n) is 5.90. The van der Waals surface area contributed by atoms with Crippen molar-refractivity contribution in [1.82, 2.24) is 0 Å². The van der Waals surface area contributed by atoms with E-state index in [4.69, 9.17) is 4.74 Å². The summed E-state index contributed by atoms with van der Waals surface area (Å²) in [7, 11) is 0. The molecule has 0 aliphatic rings. The van der Waals surface area contributed by atoms with E-state index in [1.165, 1.54) is 88.2 Å². The summed E-state index contributed by atoms with van der Waals surface area (Å²) >= 11 is 9.35. The molecule has 0 bridgehead atoms. The van der Waals surface area contributed by atoms with E-state index in [2.05, 4.69) is 63.4 Å². The molecule has 31 heavy (non-hydrogen) atoms.